The first-order valence-corrected chi connectivity index (χ1v) is 6.26. The predicted octanol–water partition coefficient (Wildman–Crippen LogP) is 2.60. The molecule has 5 nitrogen and oxygen atoms in total. The standard InChI is InChI=1S/C13H11BrN2O3/c1-18-13(17)10-6-15-8-16-12(10)19-7-9-4-2-3-5-11(9)14/h2-6,8H,7H2,1H3. The van der Waals surface area contributed by atoms with Crippen molar-refractivity contribution < 1.29 is 14.3 Å². The van der Waals surface area contributed by atoms with E-state index in [1.807, 2.05) is 24.3 Å². The Kier molecular flexibility index (Phi) is 4.46. The number of halogens is 1. The SMILES string of the molecule is COC(=O)c1cncnc1OCc1ccccc1Br. The minimum Gasteiger partial charge on any atom is -0.472 e. The molecule has 0 aliphatic rings. The van der Waals surface area contributed by atoms with Crippen LogP contribution in [0.3, 0.4) is 0 Å². The molecule has 2 aromatic rings. The Hall–Kier alpha value is -1.95. The van der Waals surface area contributed by atoms with Crippen LogP contribution in [-0.4, -0.2) is 23.0 Å². The first-order valence-electron chi connectivity index (χ1n) is 5.47. The Morgan fingerprint density at radius 2 is 2.16 bits per heavy atom. The molecular formula is C13H11BrN2O3. The Morgan fingerprint density at radius 3 is 2.89 bits per heavy atom. The van der Waals surface area contributed by atoms with Gasteiger partial charge in [-0.15, -0.1) is 0 Å². The summed E-state index contributed by atoms with van der Waals surface area (Å²) < 4.78 is 11.1. The summed E-state index contributed by atoms with van der Waals surface area (Å²) in [4.78, 5) is 19.2. The summed E-state index contributed by atoms with van der Waals surface area (Å²) in [7, 11) is 1.30. The molecule has 2 rings (SSSR count). The van der Waals surface area contributed by atoms with Crippen LogP contribution in [0.4, 0.5) is 0 Å². The van der Waals surface area contributed by atoms with Gasteiger partial charge >= 0.3 is 5.97 Å². The minimum absolute atomic E-state index is 0.206. The first-order chi connectivity index (χ1) is 9.22. The van der Waals surface area contributed by atoms with Crippen LogP contribution in [0.1, 0.15) is 15.9 Å². The lowest BCUT2D eigenvalue weighted by Gasteiger charge is -2.09. The summed E-state index contributed by atoms with van der Waals surface area (Å²) >= 11 is 3.43. The Labute approximate surface area is 118 Å². The highest BCUT2D eigenvalue weighted by Crippen LogP contribution is 2.20. The quantitative estimate of drug-likeness (QED) is 0.810. The van der Waals surface area contributed by atoms with Gasteiger partial charge in [0, 0.05) is 16.2 Å². The highest BCUT2D eigenvalue weighted by molar-refractivity contribution is 9.10. The van der Waals surface area contributed by atoms with Gasteiger partial charge in [0.05, 0.1) is 7.11 Å². The Morgan fingerprint density at radius 1 is 1.37 bits per heavy atom. The average Bonchev–Trinajstić information content (AvgIpc) is 2.46. The molecule has 0 fully saturated rings. The maximum absolute atomic E-state index is 11.5. The summed E-state index contributed by atoms with van der Waals surface area (Å²) in [5, 5.41) is 0. The van der Waals surface area contributed by atoms with Crippen LogP contribution in [0, 0.1) is 0 Å². The van der Waals surface area contributed by atoms with Gasteiger partial charge in [0.25, 0.3) is 0 Å². The molecule has 0 spiro atoms. The van der Waals surface area contributed by atoms with Gasteiger partial charge in [-0.2, -0.15) is 0 Å². The fraction of sp³-hybridized carbons (Fsp3) is 0.154. The smallest absolute Gasteiger partial charge is 0.344 e. The van der Waals surface area contributed by atoms with Crippen molar-refractivity contribution in [1.82, 2.24) is 9.97 Å². The van der Waals surface area contributed by atoms with Crippen LogP contribution in [0.5, 0.6) is 5.88 Å². The first kappa shape index (κ1) is 13.5. The Bertz CT molecular complexity index is 590. The lowest BCUT2D eigenvalue weighted by Crippen LogP contribution is -2.08. The van der Waals surface area contributed by atoms with E-state index in [1.54, 1.807) is 0 Å². The van der Waals surface area contributed by atoms with Crippen molar-refractivity contribution in [2.75, 3.05) is 7.11 Å². The van der Waals surface area contributed by atoms with E-state index in [2.05, 4.69) is 30.6 Å². The van der Waals surface area contributed by atoms with E-state index >= 15 is 0 Å². The zero-order valence-electron chi connectivity index (χ0n) is 10.2. The van der Waals surface area contributed by atoms with Crippen molar-refractivity contribution in [1.29, 1.82) is 0 Å². The molecule has 6 heteroatoms. The molecule has 0 saturated heterocycles. The average molecular weight is 323 g/mol. The molecule has 0 bridgehead atoms. The van der Waals surface area contributed by atoms with E-state index in [4.69, 9.17) is 4.74 Å². The number of hydrogen-bond acceptors (Lipinski definition) is 5. The van der Waals surface area contributed by atoms with Gasteiger partial charge in [-0.1, -0.05) is 34.1 Å². The van der Waals surface area contributed by atoms with Crippen LogP contribution in [0.2, 0.25) is 0 Å². The second-order valence-electron chi connectivity index (χ2n) is 3.61. The number of nitrogens with zero attached hydrogens (tertiary/aromatic N) is 2. The van der Waals surface area contributed by atoms with Crippen LogP contribution < -0.4 is 4.74 Å². The van der Waals surface area contributed by atoms with E-state index in [0.29, 0.717) is 6.61 Å². The van der Waals surface area contributed by atoms with Gasteiger partial charge < -0.3 is 9.47 Å². The molecule has 0 unspecified atom stereocenters. The topological polar surface area (TPSA) is 61.3 Å². The number of carbonyl (C=O) groups is 1. The zero-order chi connectivity index (χ0) is 13.7. The largest absolute Gasteiger partial charge is 0.472 e. The third kappa shape index (κ3) is 3.29. The van der Waals surface area contributed by atoms with Gasteiger partial charge in [0.2, 0.25) is 5.88 Å². The molecule has 1 heterocycles. The molecule has 1 aromatic heterocycles. The summed E-state index contributed by atoms with van der Waals surface area (Å²) in [6.07, 6.45) is 2.69. The monoisotopic (exact) mass is 322 g/mol. The molecule has 0 saturated carbocycles. The number of benzene rings is 1. The minimum atomic E-state index is -0.525. The second kappa shape index (κ2) is 6.29. The highest BCUT2D eigenvalue weighted by Gasteiger charge is 2.14. The van der Waals surface area contributed by atoms with Gasteiger partial charge in [0.1, 0.15) is 18.5 Å². The van der Waals surface area contributed by atoms with Crippen molar-refractivity contribution in [3.05, 3.63) is 52.4 Å². The lowest BCUT2D eigenvalue weighted by atomic mass is 10.2. The molecular weight excluding hydrogens is 312 g/mol. The number of ether oxygens (including phenoxy) is 2. The number of esters is 1. The summed E-state index contributed by atoms with van der Waals surface area (Å²) in [6.45, 7) is 0.294. The van der Waals surface area contributed by atoms with Crippen molar-refractivity contribution in [3.8, 4) is 5.88 Å². The maximum Gasteiger partial charge on any atom is 0.344 e. The van der Waals surface area contributed by atoms with Gasteiger partial charge in [-0.25, -0.2) is 14.8 Å². The second-order valence-corrected chi connectivity index (χ2v) is 4.47. The normalized spacial score (nSPS) is 10.0. The number of methoxy groups -OCH3 is 1. The summed E-state index contributed by atoms with van der Waals surface area (Å²) in [6, 6.07) is 7.66. The maximum atomic E-state index is 11.5. The van der Waals surface area contributed by atoms with E-state index in [1.165, 1.54) is 19.6 Å². The van der Waals surface area contributed by atoms with E-state index in [0.717, 1.165) is 10.0 Å². The van der Waals surface area contributed by atoms with E-state index in [9.17, 15) is 4.79 Å². The number of aromatic nitrogens is 2. The summed E-state index contributed by atoms with van der Waals surface area (Å²) in [5.41, 5.74) is 1.16. The molecule has 98 valence electrons. The van der Waals surface area contributed by atoms with Crippen molar-refractivity contribution >= 4 is 21.9 Å². The molecule has 0 N–H and O–H groups in total. The van der Waals surface area contributed by atoms with Gasteiger partial charge in [-0.3, -0.25) is 0 Å². The predicted molar refractivity (Wildman–Crippen MR) is 71.8 cm³/mol. The van der Waals surface area contributed by atoms with Crippen molar-refractivity contribution in [2.45, 2.75) is 6.61 Å². The van der Waals surface area contributed by atoms with E-state index < -0.39 is 5.97 Å². The molecule has 0 aliphatic carbocycles. The molecule has 0 atom stereocenters. The third-order valence-electron chi connectivity index (χ3n) is 2.40. The van der Waals surface area contributed by atoms with Gasteiger partial charge in [-0.05, 0) is 6.07 Å². The van der Waals surface area contributed by atoms with Crippen LogP contribution in [0.15, 0.2) is 41.3 Å². The van der Waals surface area contributed by atoms with Gasteiger partial charge in [0.15, 0.2) is 0 Å². The lowest BCUT2D eigenvalue weighted by molar-refractivity contribution is 0.0593. The fourth-order valence-corrected chi connectivity index (χ4v) is 1.84. The molecule has 1 aromatic carbocycles. The third-order valence-corrected chi connectivity index (χ3v) is 3.18. The molecule has 0 amide bonds. The zero-order valence-corrected chi connectivity index (χ0v) is 11.8. The highest BCUT2D eigenvalue weighted by atomic mass is 79.9. The fourth-order valence-electron chi connectivity index (χ4n) is 1.44. The van der Waals surface area contributed by atoms with Crippen molar-refractivity contribution in [2.24, 2.45) is 0 Å². The van der Waals surface area contributed by atoms with Crippen LogP contribution >= 0.6 is 15.9 Å². The Balaban J connectivity index is 2.16. The number of rotatable bonds is 4. The van der Waals surface area contributed by atoms with Crippen molar-refractivity contribution in [3.63, 3.8) is 0 Å². The molecule has 0 aliphatic heterocycles. The van der Waals surface area contributed by atoms with E-state index in [-0.39, 0.29) is 11.4 Å². The number of carbonyl (C=O) groups excluding carboxylic acids is 1. The van der Waals surface area contributed by atoms with Crippen LogP contribution in [0.25, 0.3) is 0 Å². The molecule has 0 radical (unpaired) electrons. The summed E-state index contributed by atoms with van der Waals surface area (Å²) in [5.74, 6) is -0.319. The number of hydrogen-bond donors (Lipinski definition) is 0. The van der Waals surface area contributed by atoms with Crippen LogP contribution in [-0.2, 0) is 11.3 Å². The molecule has 19 heavy (non-hydrogen) atoms.